The fourth-order valence-electron chi connectivity index (χ4n) is 3.15. The summed E-state index contributed by atoms with van der Waals surface area (Å²) in [5.41, 5.74) is 0.0935. The van der Waals surface area contributed by atoms with E-state index in [4.69, 9.17) is 0 Å². The summed E-state index contributed by atoms with van der Waals surface area (Å²) in [6.45, 7) is 9.02. The van der Waals surface area contributed by atoms with Crippen LogP contribution in [0.1, 0.15) is 32.8 Å². The van der Waals surface area contributed by atoms with E-state index in [1.165, 1.54) is 12.1 Å². The van der Waals surface area contributed by atoms with E-state index in [1.54, 1.807) is 6.07 Å². The predicted molar refractivity (Wildman–Crippen MR) is 79.6 cm³/mol. The molecular weight excluding hydrogens is 277 g/mol. The molecule has 1 aliphatic rings. The quantitative estimate of drug-likeness (QED) is 0.832. The lowest BCUT2D eigenvalue weighted by Gasteiger charge is -2.45. The predicted octanol–water partition coefficient (Wildman–Crippen LogP) is 4.01. The van der Waals surface area contributed by atoms with Crippen LogP contribution in [0.2, 0.25) is 0 Å². The summed E-state index contributed by atoms with van der Waals surface area (Å²) in [7, 11) is 0. The van der Waals surface area contributed by atoms with Crippen LogP contribution in [0.25, 0.3) is 0 Å². The zero-order valence-corrected chi connectivity index (χ0v) is 12.8. The van der Waals surface area contributed by atoms with Gasteiger partial charge in [-0.1, -0.05) is 13.0 Å². The van der Waals surface area contributed by atoms with E-state index < -0.39 is 11.7 Å². The van der Waals surface area contributed by atoms with Gasteiger partial charge in [0.2, 0.25) is 0 Å². The van der Waals surface area contributed by atoms with Gasteiger partial charge in [-0.2, -0.15) is 13.2 Å². The standard InChI is InChI=1S/C16H23F3N2/c1-4-8-21-12(2)10-20(11-13(21)3)15-7-5-6-14(9-15)16(17,18)19/h5-7,9,12-13H,4,8,10-11H2,1-3H3/t12-,13+. The summed E-state index contributed by atoms with van der Waals surface area (Å²) < 4.78 is 38.5. The van der Waals surface area contributed by atoms with Crippen molar-refractivity contribution < 1.29 is 13.2 Å². The van der Waals surface area contributed by atoms with E-state index in [1.807, 2.05) is 0 Å². The third-order valence-electron chi connectivity index (χ3n) is 4.12. The Hall–Kier alpha value is -1.23. The first kappa shape index (κ1) is 16.1. The molecule has 1 aromatic carbocycles. The third-order valence-corrected chi connectivity index (χ3v) is 4.12. The molecule has 0 radical (unpaired) electrons. The van der Waals surface area contributed by atoms with Gasteiger partial charge >= 0.3 is 6.18 Å². The van der Waals surface area contributed by atoms with Gasteiger partial charge < -0.3 is 4.90 Å². The van der Waals surface area contributed by atoms with Gasteiger partial charge in [0.1, 0.15) is 0 Å². The number of alkyl halides is 3. The Morgan fingerprint density at radius 3 is 2.29 bits per heavy atom. The molecule has 0 aromatic heterocycles. The van der Waals surface area contributed by atoms with Crippen molar-refractivity contribution in [2.45, 2.75) is 45.5 Å². The van der Waals surface area contributed by atoms with Gasteiger partial charge in [0, 0.05) is 30.9 Å². The minimum absolute atomic E-state index is 0.350. The van der Waals surface area contributed by atoms with Crippen molar-refractivity contribution in [3.8, 4) is 0 Å². The molecule has 0 amide bonds. The second-order valence-electron chi connectivity index (χ2n) is 5.89. The van der Waals surface area contributed by atoms with Crippen molar-refractivity contribution in [1.29, 1.82) is 0 Å². The summed E-state index contributed by atoms with van der Waals surface area (Å²) in [4.78, 5) is 4.50. The van der Waals surface area contributed by atoms with Crippen LogP contribution in [0.15, 0.2) is 24.3 Å². The van der Waals surface area contributed by atoms with E-state index in [9.17, 15) is 13.2 Å². The SMILES string of the molecule is CCCN1[C@H](C)CN(c2cccc(C(F)(F)F)c2)C[C@@H]1C. The molecule has 21 heavy (non-hydrogen) atoms. The van der Waals surface area contributed by atoms with Gasteiger partial charge in [0.25, 0.3) is 0 Å². The number of hydrogen-bond donors (Lipinski definition) is 0. The molecule has 1 saturated heterocycles. The monoisotopic (exact) mass is 300 g/mol. The Morgan fingerprint density at radius 1 is 1.14 bits per heavy atom. The van der Waals surface area contributed by atoms with Crippen molar-refractivity contribution >= 4 is 5.69 Å². The minimum atomic E-state index is -4.28. The summed E-state index contributed by atoms with van der Waals surface area (Å²) >= 11 is 0. The Bertz CT molecular complexity index is 461. The molecule has 2 atom stereocenters. The maximum absolute atomic E-state index is 12.8. The molecule has 1 aromatic rings. The van der Waals surface area contributed by atoms with Crippen LogP contribution in [0.4, 0.5) is 18.9 Å². The van der Waals surface area contributed by atoms with Crippen molar-refractivity contribution in [2.75, 3.05) is 24.5 Å². The Balaban J connectivity index is 2.17. The molecule has 0 N–H and O–H groups in total. The van der Waals surface area contributed by atoms with Gasteiger partial charge in [-0.3, -0.25) is 4.90 Å². The molecule has 0 bridgehead atoms. The van der Waals surface area contributed by atoms with Crippen LogP contribution in [0, 0.1) is 0 Å². The lowest BCUT2D eigenvalue weighted by Crippen LogP contribution is -2.56. The van der Waals surface area contributed by atoms with Gasteiger partial charge in [-0.05, 0) is 45.0 Å². The van der Waals surface area contributed by atoms with Crippen LogP contribution < -0.4 is 4.90 Å². The number of piperazine rings is 1. The van der Waals surface area contributed by atoms with E-state index in [-0.39, 0.29) is 0 Å². The highest BCUT2D eigenvalue weighted by atomic mass is 19.4. The van der Waals surface area contributed by atoms with Gasteiger partial charge in [0.15, 0.2) is 0 Å². The van der Waals surface area contributed by atoms with Gasteiger partial charge in [-0.25, -0.2) is 0 Å². The minimum Gasteiger partial charge on any atom is -0.368 e. The number of halogens is 3. The first-order valence-corrected chi connectivity index (χ1v) is 7.51. The molecule has 0 aliphatic carbocycles. The maximum atomic E-state index is 12.8. The van der Waals surface area contributed by atoms with E-state index in [2.05, 4.69) is 30.6 Å². The lowest BCUT2D eigenvalue weighted by atomic mass is 10.1. The second-order valence-corrected chi connectivity index (χ2v) is 5.89. The third kappa shape index (κ3) is 3.70. The van der Waals surface area contributed by atoms with Crippen LogP contribution in [-0.4, -0.2) is 36.6 Å². The number of benzene rings is 1. The highest BCUT2D eigenvalue weighted by Crippen LogP contribution is 2.32. The average molecular weight is 300 g/mol. The zero-order chi connectivity index (χ0) is 15.6. The molecule has 1 heterocycles. The first-order chi connectivity index (χ1) is 9.82. The highest BCUT2D eigenvalue weighted by Gasteiger charge is 2.32. The smallest absolute Gasteiger partial charge is 0.368 e. The van der Waals surface area contributed by atoms with Crippen molar-refractivity contribution in [2.24, 2.45) is 0 Å². The molecule has 0 spiro atoms. The first-order valence-electron chi connectivity index (χ1n) is 7.51. The van der Waals surface area contributed by atoms with Crippen LogP contribution in [-0.2, 0) is 6.18 Å². The molecule has 0 saturated carbocycles. The van der Waals surface area contributed by atoms with Crippen molar-refractivity contribution in [1.82, 2.24) is 4.90 Å². The van der Waals surface area contributed by atoms with E-state index in [0.29, 0.717) is 17.8 Å². The highest BCUT2D eigenvalue weighted by molar-refractivity contribution is 5.50. The molecule has 5 heteroatoms. The second kappa shape index (κ2) is 6.26. The molecule has 2 rings (SSSR count). The van der Waals surface area contributed by atoms with Crippen LogP contribution in [0.5, 0.6) is 0 Å². The Kier molecular flexibility index (Phi) is 4.81. The molecule has 0 unspecified atom stereocenters. The van der Waals surface area contributed by atoms with E-state index >= 15 is 0 Å². The molecule has 2 nitrogen and oxygen atoms in total. The summed E-state index contributed by atoms with van der Waals surface area (Å²) in [5, 5.41) is 0. The number of rotatable bonds is 3. The van der Waals surface area contributed by atoms with Crippen molar-refractivity contribution in [3.05, 3.63) is 29.8 Å². The topological polar surface area (TPSA) is 6.48 Å². The molecule has 118 valence electrons. The molecular formula is C16H23F3N2. The van der Waals surface area contributed by atoms with Crippen molar-refractivity contribution in [3.63, 3.8) is 0 Å². The molecule has 1 aliphatic heterocycles. The average Bonchev–Trinajstić information content (AvgIpc) is 2.42. The Morgan fingerprint density at radius 2 is 1.76 bits per heavy atom. The normalized spacial score (nSPS) is 24.4. The fourth-order valence-corrected chi connectivity index (χ4v) is 3.15. The van der Waals surface area contributed by atoms with Crippen LogP contribution >= 0.6 is 0 Å². The van der Waals surface area contributed by atoms with E-state index in [0.717, 1.165) is 32.1 Å². The van der Waals surface area contributed by atoms with Gasteiger partial charge in [-0.15, -0.1) is 0 Å². The van der Waals surface area contributed by atoms with Crippen LogP contribution in [0.3, 0.4) is 0 Å². The molecule has 1 fully saturated rings. The largest absolute Gasteiger partial charge is 0.416 e. The number of anilines is 1. The maximum Gasteiger partial charge on any atom is 0.416 e. The Labute approximate surface area is 124 Å². The zero-order valence-electron chi connectivity index (χ0n) is 12.8. The van der Waals surface area contributed by atoms with Gasteiger partial charge in [0.05, 0.1) is 5.56 Å². The number of nitrogens with zero attached hydrogens (tertiary/aromatic N) is 2. The summed E-state index contributed by atoms with van der Waals surface area (Å²) in [5.74, 6) is 0. The lowest BCUT2D eigenvalue weighted by molar-refractivity contribution is -0.137. The summed E-state index contributed by atoms with van der Waals surface area (Å²) in [6, 6.07) is 6.35. The fraction of sp³-hybridized carbons (Fsp3) is 0.625. The number of hydrogen-bond acceptors (Lipinski definition) is 2. The summed E-state index contributed by atoms with van der Waals surface area (Å²) in [6.07, 6.45) is -3.19.